The molecule has 0 aliphatic heterocycles. The molecule has 0 fully saturated rings. The zero-order chi connectivity index (χ0) is 13.0. The van der Waals surface area contributed by atoms with Crippen LogP contribution in [-0.4, -0.2) is 23.1 Å². The quantitative estimate of drug-likeness (QED) is 0.367. The van der Waals surface area contributed by atoms with Gasteiger partial charge in [-0.15, -0.1) is 0 Å². The lowest BCUT2D eigenvalue weighted by molar-refractivity contribution is -0.385. The number of hydrogen-bond acceptors (Lipinski definition) is 5. The first-order valence-corrected chi connectivity index (χ1v) is 5.53. The number of alkyl halides is 1. The number of methoxy groups -OCH3 is 1. The Morgan fingerprint density at radius 1 is 1.65 bits per heavy atom. The summed E-state index contributed by atoms with van der Waals surface area (Å²) in [4.78, 5) is 21.6. The van der Waals surface area contributed by atoms with Crippen LogP contribution in [0.3, 0.4) is 0 Å². The van der Waals surface area contributed by atoms with Crippen LogP contribution in [0, 0.1) is 21.4 Å². The number of nitriles is 1. The highest BCUT2D eigenvalue weighted by Gasteiger charge is 2.23. The molecule has 0 spiro atoms. The van der Waals surface area contributed by atoms with Crippen molar-refractivity contribution in [2.45, 2.75) is 0 Å². The molecule has 0 atom stereocenters. The maximum atomic E-state index is 11.5. The second-order valence-corrected chi connectivity index (χ2v) is 3.56. The molecule has 88 valence electrons. The zero-order valence-corrected chi connectivity index (χ0v) is 10.4. The summed E-state index contributed by atoms with van der Waals surface area (Å²) < 4.78 is 4.89. The Bertz CT molecular complexity index is 522. The highest BCUT2D eigenvalue weighted by atomic mass is 79.9. The number of Topliss-reactive ketones (excluding diaryl/α,β-unsaturated/α-hetero) is 1. The third-order valence-electron chi connectivity index (χ3n) is 2.06. The van der Waals surface area contributed by atoms with Crippen LogP contribution in [0.25, 0.3) is 0 Å². The number of benzene rings is 1. The van der Waals surface area contributed by atoms with Gasteiger partial charge in [-0.3, -0.25) is 14.9 Å². The summed E-state index contributed by atoms with van der Waals surface area (Å²) in [7, 11) is 1.32. The zero-order valence-electron chi connectivity index (χ0n) is 8.77. The van der Waals surface area contributed by atoms with Gasteiger partial charge in [0.05, 0.1) is 22.9 Å². The number of ether oxygens (including phenoxy) is 1. The van der Waals surface area contributed by atoms with Crippen LogP contribution in [0.4, 0.5) is 5.69 Å². The molecule has 0 bridgehead atoms. The van der Waals surface area contributed by atoms with E-state index in [1.165, 1.54) is 13.2 Å². The van der Waals surface area contributed by atoms with E-state index in [-0.39, 0.29) is 22.2 Å². The minimum Gasteiger partial charge on any atom is -0.495 e. The van der Waals surface area contributed by atoms with E-state index in [0.29, 0.717) is 0 Å². The van der Waals surface area contributed by atoms with Gasteiger partial charge in [0.15, 0.2) is 5.78 Å². The molecule has 1 rings (SSSR count). The van der Waals surface area contributed by atoms with Crippen LogP contribution in [0.5, 0.6) is 5.75 Å². The van der Waals surface area contributed by atoms with E-state index in [1.54, 1.807) is 6.07 Å². The smallest absolute Gasteiger partial charge is 0.281 e. The van der Waals surface area contributed by atoms with E-state index in [0.717, 1.165) is 6.07 Å². The fourth-order valence-corrected chi connectivity index (χ4v) is 1.57. The van der Waals surface area contributed by atoms with Crippen molar-refractivity contribution in [1.82, 2.24) is 0 Å². The molecule has 17 heavy (non-hydrogen) atoms. The van der Waals surface area contributed by atoms with Gasteiger partial charge in [0, 0.05) is 6.07 Å². The van der Waals surface area contributed by atoms with Crippen LogP contribution in [0.2, 0.25) is 0 Å². The highest BCUT2D eigenvalue weighted by molar-refractivity contribution is 9.09. The Labute approximate surface area is 105 Å². The van der Waals surface area contributed by atoms with Crippen molar-refractivity contribution in [3.05, 3.63) is 33.4 Å². The molecule has 0 aliphatic rings. The topological polar surface area (TPSA) is 93.2 Å². The van der Waals surface area contributed by atoms with Gasteiger partial charge in [-0.1, -0.05) is 15.9 Å². The molecular formula is C10H7BrN2O4. The molecule has 6 nitrogen and oxygen atoms in total. The summed E-state index contributed by atoms with van der Waals surface area (Å²) in [5, 5.41) is 19.6. The number of nitrogens with zero attached hydrogens (tertiary/aromatic N) is 2. The summed E-state index contributed by atoms with van der Waals surface area (Å²) in [5.74, 6) is -0.304. The third-order valence-corrected chi connectivity index (χ3v) is 2.57. The van der Waals surface area contributed by atoms with Crippen molar-refractivity contribution < 1.29 is 14.5 Å². The van der Waals surface area contributed by atoms with Crippen molar-refractivity contribution in [2.75, 3.05) is 12.4 Å². The summed E-state index contributed by atoms with van der Waals surface area (Å²) >= 11 is 2.94. The van der Waals surface area contributed by atoms with Crippen LogP contribution < -0.4 is 4.74 Å². The average molecular weight is 299 g/mol. The number of halogens is 1. The van der Waals surface area contributed by atoms with Gasteiger partial charge in [-0.25, -0.2) is 0 Å². The summed E-state index contributed by atoms with van der Waals surface area (Å²) in [5.41, 5.74) is -0.458. The molecule has 0 saturated heterocycles. The Hall–Kier alpha value is -1.94. The number of carbonyl (C=O) groups excluding carboxylic acids is 1. The van der Waals surface area contributed by atoms with Crippen LogP contribution in [0.15, 0.2) is 12.1 Å². The fraction of sp³-hybridized carbons (Fsp3) is 0.200. The van der Waals surface area contributed by atoms with Gasteiger partial charge in [-0.2, -0.15) is 5.26 Å². The lowest BCUT2D eigenvalue weighted by atomic mass is 10.1. The summed E-state index contributed by atoms with van der Waals surface area (Å²) in [6.45, 7) is 0. The van der Waals surface area contributed by atoms with Crippen molar-refractivity contribution in [2.24, 2.45) is 0 Å². The van der Waals surface area contributed by atoms with Gasteiger partial charge in [0.1, 0.15) is 17.4 Å². The van der Waals surface area contributed by atoms with Gasteiger partial charge >= 0.3 is 0 Å². The predicted molar refractivity (Wildman–Crippen MR) is 62.5 cm³/mol. The Morgan fingerprint density at radius 2 is 2.29 bits per heavy atom. The summed E-state index contributed by atoms with van der Waals surface area (Å²) in [6, 6.07) is 4.02. The minimum absolute atomic E-state index is 0.0188. The molecule has 0 amide bonds. The minimum atomic E-state index is -0.698. The largest absolute Gasteiger partial charge is 0.495 e. The Balaban J connectivity index is 3.52. The summed E-state index contributed by atoms with van der Waals surface area (Å²) in [6.07, 6.45) is 0. The van der Waals surface area contributed by atoms with Crippen molar-refractivity contribution in [3.63, 3.8) is 0 Å². The van der Waals surface area contributed by atoms with Crippen LogP contribution in [-0.2, 0) is 0 Å². The predicted octanol–water partition coefficient (Wildman–Crippen LogP) is 2.05. The average Bonchev–Trinajstić information content (AvgIpc) is 2.35. The molecular weight excluding hydrogens is 292 g/mol. The molecule has 1 aromatic rings. The number of nitro benzene ring substituents is 1. The van der Waals surface area contributed by atoms with Gasteiger partial charge in [-0.05, 0) is 6.07 Å². The highest BCUT2D eigenvalue weighted by Crippen LogP contribution is 2.28. The number of ketones is 1. The van der Waals surface area contributed by atoms with Crippen molar-refractivity contribution >= 4 is 27.4 Å². The van der Waals surface area contributed by atoms with E-state index in [4.69, 9.17) is 10.00 Å². The van der Waals surface area contributed by atoms with Gasteiger partial charge in [0.25, 0.3) is 5.69 Å². The normalized spacial score (nSPS) is 9.47. The molecule has 0 aliphatic carbocycles. The maximum Gasteiger partial charge on any atom is 0.281 e. The fourth-order valence-electron chi connectivity index (χ4n) is 1.27. The molecule has 0 aromatic heterocycles. The lowest BCUT2D eigenvalue weighted by Crippen LogP contribution is -2.06. The second kappa shape index (κ2) is 5.41. The van der Waals surface area contributed by atoms with Crippen LogP contribution in [0.1, 0.15) is 15.9 Å². The molecule has 0 N–H and O–H groups in total. The number of nitro groups is 1. The van der Waals surface area contributed by atoms with Gasteiger partial charge < -0.3 is 4.74 Å². The van der Waals surface area contributed by atoms with E-state index >= 15 is 0 Å². The SMILES string of the molecule is COc1cc(C(=O)CBr)c([N+](=O)[O-])cc1C#N. The van der Waals surface area contributed by atoms with Crippen molar-refractivity contribution in [1.29, 1.82) is 5.26 Å². The molecule has 7 heteroatoms. The maximum absolute atomic E-state index is 11.5. The standard InChI is InChI=1S/C10H7BrN2O4/c1-17-10-3-7(9(14)4-11)8(13(15)16)2-6(10)5-12/h2-3H,4H2,1H3. The second-order valence-electron chi connectivity index (χ2n) is 3.00. The van der Waals surface area contributed by atoms with E-state index in [2.05, 4.69) is 15.9 Å². The third kappa shape index (κ3) is 2.60. The molecule has 0 saturated carbocycles. The molecule has 0 heterocycles. The first kappa shape index (κ1) is 13.1. The first-order valence-electron chi connectivity index (χ1n) is 4.40. The molecule has 0 radical (unpaired) electrons. The first-order chi connectivity index (χ1) is 8.04. The Morgan fingerprint density at radius 3 is 2.71 bits per heavy atom. The lowest BCUT2D eigenvalue weighted by Gasteiger charge is -2.05. The van der Waals surface area contributed by atoms with Crippen molar-refractivity contribution in [3.8, 4) is 11.8 Å². The van der Waals surface area contributed by atoms with E-state index < -0.39 is 16.4 Å². The monoisotopic (exact) mass is 298 g/mol. The number of carbonyl (C=O) groups is 1. The van der Waals surface area contributed by atoms with Crippen LogP contribution >= 0.6 is 15.9 Å². The number of hydrogen-bond donors (Lipinski definition) is 0. The van der Waals surface area contributed by atoms with E-state index in [1.807, 2.05) is 0 Å². The van der Waals surface area contributed by atoms with E-state index in [9.17, 15) is 14.9 Å². The Kier molecular flexibility index (Phi) is 4.17. The van der Waals surface area contributed by atoms with Gasteiger partial charge in [0.2, 0.25) is 0 Å². The molecule has 1 aromatic carbocycles. The number of rotatable bonds is 4. The molecule has 0 unspecified atom stereocenters.